The van der Waals surface area contributed by atoms with E-state index in [2.05, 4.69) is 5.32 Å². The first-order valence-electron chi connectivity index (χ1n) is 6.60. The zero-order valence-corrected chi connectivity index (χ0v) is 10.9. The van der Waals surface area contributed by atoms with Crippen molar-refractivity contribution in [1.29, 1.82) is 0 Å². The first kappa shape index (κ1) is 14.8. The Hall–Kier alpha value is -1.56. The number of rotatable bonds is 3. The van der Waals surface area contributed by atoms with Crippen molar-refractivity contribution in [3.63, 3.8) is 0 Å². The van der Waals surface area contributed by atoms with Gasteiger partial charge in [-0.05, 0) is 43.5 Å². The monoisotopic (exact) mass is 286 g/mol. The van der Waals surface area contributed by atoms with Gasteiger partial charge in [0.2, 0.25) is 0 Å². The standard InChI is InChI=1S/C14H17F3N2O/c15-14(16,17)11-5-1-3-9(7-11)13(20)19-12-6-2-4-10(12)8-18/h1,3,5,7,10,12H,2,4,6,8,18H2,(H,19,20). The molecule has 1 aromatic carbocycles. The number of carbonyl (C=O) groups excluding carboxylic acids is 1. The summed E-state index contributed by atoms with van der Waals surface area (Å²) in [5.74, 6) is -0.258. The van der Waals surface area contributed by atoms with Crippen LogP contribution in [0.5, 0.6) is 0 Å². The first-order chi connectivity index (χ1) is 9.41. The Bertz CT molecular complexity index is 488. The van der Waals surface area contributed by atoms with Crippen LogP contribution >= 0.6 is 0 Å². The van der Waals surface area contributed by atoms with Gasteiger partial charge in [0.1, 0.15) is 0 Å². The van der Waals surface area contributed by atoms with Gasteiger partial charge in [-0.25, -0.2) is 0 Å². The minimum atomic E-state index is -4.44. The molecule has 2 rings (SSSR count). The molecule has 20 heavy (non-hydrogen) atoms. The van der Waals surface area contributed by atoms with E-state index in [0.29, 0.717) is 6.54 Å². The van der Waals surface area contributed by atoms with E-state index in [0.717, 1.165) is 31.4 Å². The van der Waals surface area contributed by atoms with Crippen molar-refractivity contribution in [2.45, 2.75) is 31.5 Å². The van der Waals surface area contributed by atoms with Gasteiger partial charge in [0.05, 0.1) is 5.56 Å². The predicted octanol–water partition coefficient (Wildman–Crippen LogP) is 2.56. The van der Waals surface area contributed by atoms with Gasteiger partial charge in [-0.2, -0.15) is 13.2 Å². The lowest BCUT2D eigenvalue weighted by Crippen LogP contribution is -2.39. The summed E-state index contributed by atoms with van der Waals surface area (Å²) >= 11 is 0. The Labute approximate surface area is 115 Å². The Morgan fingerprint density at radius 3 is 2.75 bits per heavy atom. The van der Waals surface area contributed by atoms with E-state index in [1.54, 1.807) is 0 Å². The van der Waals surface area contributed by atoms with Crippen molar-refractivity contribution in [3.05, 3.63) is 35.4 Å². The maximum atomic E-state index is 12.6. The molecule has 3 nitrogen and oxygen atoms in total. The normalized spacial score (nSPS) is 22.8. The van der Waals surface area contributed by atoms with Crippen LogP contribution in [0.1, 0.15) is 35.2 Å². The van der Waals surface area contributed by atoms with Crippen LogP contribution in [0.3, 0.4) is 0 Å². The molecule has 0 spiro atoms. The summed E-state index contributed by atoms with van der Waals surface area (Å²) in [6.07, 6.45) is -1.69. The highest BCUT2D eigenvalue weighted by atomic mass is 19.4. The van der Waals surface area contributed by atoms with E-state index in [9.17, 15) is 18.0 Å². The summed E-state index contributed by atoms with van der Waals surface area (Å²) in [6.45, 7) is 0.480. The van der Waals surface area contributed by atoms with Crippen LogP contribution in [0, 0.1) is 5.92 Å². The van der Waals surface area contributed by atoms with Crippen LogP contribution in [0.4, 0.5) is 13.2 Å². The van der Waals surface area contributed by atoms with E-state index in [-0.39, 0.29) is 17.5 Å². The van der Waals surface area contributed by atoms with Gasteiger partial charge >= 0.3 is 6.18 Å². The van der Waals surface area contributed by atoms with E-state index < -0.39 is 17.6 Å². The predicted molar refractivity (Wildman–Crippen MR) is 69.1 cm³/mol. The zero-order valence-electron chi connectivity index (χ0n) is 10.9. The molecule has 1 aliphatic carbocycles. The number of amides is 1. The molecule has 6 heteroatoms. The third kappa shape index (κ3) is 3.30. The molecular weight excluding hydrogens is 269 g/mol. The number of benzene rings is 1. The second-order valence-electron chi connectivity index (χ2n) is 5.09. The lowest BCUT2D eigenvalue weighted by atomic mass is 10.0. The van der Waals surface area contributed by atoms with Crippen LogP contribution in [-0.2, 0) is 6.18 Å². The van der Waals surface area contributed by atoms with Gasteiger partial charge in [-0.1, -0.05) is 12.5 Å². The summed E-state index contributed by atoms with van der Waals surface area (Å²) in [7, 11) is 0. The SMILES string of the molecule is NCC1CCCC1NC(=O)c1cccc(C(F)(F)F)c1. The van der Waals surface area contributed by atoms with Crippen LogP contribution in [-0.4, -0.2) is 18.5 Å². The number of hydrogen-bond donors (Lipinski definition) is 2. The summed E-state index contributed by atoms with van der Waals surface area (Å²) in [6, 6.07) is 4.42. The molecule has 1 aliphatic rings. The molecule has 2 unspecified atom stereocenters. The summed E-state index contributed by atoms with van der Waals surface area (Å²) < 4.78 is 37.8. The minimum Gasteiger partial charge on any atom is -0.349 e. The zero-order chi connectivity index (χ0) is 14.8. The Balaban J connectivity index is 2.10. The maximum Gasteiger partial charge on any atom is 0.416 e. The average Bonchev–Trinajstić information content (AvgIpc) is 2.85. The van der Waals surface area contributed by atoms with Crippen molar-refractivity contribution in [2.24, 2.45) is 11.7 Å². The summed E-state index contributed by atoms with van der Waals surface area (Å²) in [5.41, 5.74) is 4.84. The van der Waals surface area contributed by atoms with Crippen molar-refractivity contribution < 1.29 is 18.0 Å². The van der Waals surface area contributed by atoms with Gasteiger partial charge in [0, 0.05) is 11.6 Å². The number of alkyl halides is 3. The Morgan fingerprint density at radius 2 is 2.10 bits per heavy atom. The second kappa shape index (κ2) is 5.83. The van der Waals surface area contributed by atoms with Gasteiger partial charge in [-0.3, -0.25) is 4.79 Å². The fraction of sp³-hybridized carbons (Fsp3) is 0.500. The van der Waals surface area contributed by atoms with Gasteiger partial charge < -0.3 is 11.1 Å². The molecule has 0 heterocycles. The number of carbonyl (C=O) groups is 1. The van der Waals surface area contributed by atoms with Crippen LogP contribution in [0.15, 0.2) is 24.3 Å². The van der Waals surface area contributed by atoms with E-state index in [1.165, 1.54) is 12.1 Å². The van der Waals surface area contributed by atoms with Gasteiger partial charge in [-0.15, -0.1) is 0 Å². The third-order valence-electron chi connectivity index (χ3n) is 3.73. The third-order valence-corrected chi connectivity index (χ3v) is 3.73. The smallest absolute Gasteiger partial charge is 0.349 e. The van der Waals surface area contributed by atoms with Crippen LogP contribution < -0.4 is 11.1 Å². The first-order valence-corrected chi connectivity index (χ1v) is 6.60. The highest BCUT2D eigenvalue weighted by molar-refractivity contribution is 5.94. The second-order valence-corrected chi connectivity index (χ2v) is 5.09. The van der Waals surface area contributed by atoms with E-state index >= 15 is 0 Å². The van der Waals surface area contributed by atoms with E-state index in [4.69, 9.17) is 5.73 Å². The van der Waals surface area contributed by atoms with E-state index in [1.807, 2.05) is 0 Å². The van der Waals surface area contributed by atoms with Crippen molar-refractivity contribution in [3.8, 4) is 0 Å². The Kier molecular flexibility index (Phi) is 4.32. The highest BCUT2D eigenvalue weighted by Gasteiger charge is 2.32. The average molecular weight is 286 g/mol. The quantitative estimate of drug-likeness (QED) is 0.897. The maximum absolute atomic E-state index is 12.6. The molecule has 3 N–H and O–H groups in total. The minimum absolute atomic E-state index is 0.0301. The molecule has 0 aliphatic heterocycles. The van der Waals surface area contributed by atoms with Gasteiger partial charge in [0.15, 0.2) is 0 Å². The molecule has 0 aromatic heterocycles. The van der Waals surface area contributed by atoms with Crippen molar-refractivity contribution in [1.82, 2.24) is 5.32 Å². The van der Waals surface area contributed by atoms with Crippen molar-refractivity contribution in [2.75, 3.05) is 6.54 Å². The number of halogens is 3. The molecule has 0 saturated heterocycles. The molecule has 1 amide bonds. The molecular formula is C14H17F3N2O. The van der Waals surface area contributed by atoms with Crippen LogP contribution in [0.2, 0.25) is 0 Å². The molecule has 2 atom stereocenters. The fourth-order valence-corrected chi connectivity index (χ4v) is 2.60. The molecule has 1 saturated carbocycles. The number of hydrogen-bond acceptors (Lipinski definition) is 2. The molecule has 110 valence electrons. The number of nitrogens with two attached hydrogens (primary N) is 1. The number of nitrogens with one attached hydrogen (secondary N) is 1. The summed E-state index contributed by atoms with van der Waals surface area (Å²) in [4.78, 5) is 12.0. The van der Waals surface area contributed by atoms with Crippen molar-refractivity contribution >= 4 is 5.91 Å². The lowest BCUT2D eigenvalue weighted by Gasteiger charge is -2.19. The largest absolute Gasteiger partial charge is 0.416 e. The fourth-order valence-electron chi connectivity index (χ4n) is 2.60. The highest BCUT2D eigenvalue weighted by Crippen LogP contribution is 2.30. The molecule has 1 aromatic rings. The lowest BCUT2D eigenvalue weighted by molar-refractivity contribution is -0.137. The molecule has 0 bridgehead atoms. The topological polar surface area (TPSA) is 55.1 Å². The summed E-state index contributed by atoms with van der Waals surface area (Å²) in [5, 5.41) is 2.79. The van der Waals surface area contributed by atoms with Crippen LogP contribution in [0.25, 0.3) is 0 Å². The molecule has 1 fully saturated rings. The molecule has 0 radical (unpaired) electrons. The Morgan fingerprint density at radius 1 is 1.35 bits per heavy atom. The van der Waals surface area contributed by atoms with Gasteiger partial charge in [0.25, 0.3) is 5.91 Å².